The van der Waals surface area contributed by atoms with Gasteiger partial charge in [0.25, 0.3) is 5.91 Å². The van der Waals surface area contributed by atoms with Gasteiger partial charge in [0.1, 0.15) is 6.54 Å². The lowest BCUT2D eigenvalue weighted by molar-refractivity contribution is -0.131. The number of carbonyl (C=O) groups excluding carboxylic acids is 3. The van der Waals surface area contributed by atoms with Gasteiger partial charge in [-0.25, -0.2) is 9.78 Å². The molecule has 208 valence electrons. The number of fused-ring (bicyclic) bond motifs is 1. The number of H-pyrrole nitrogens is 1. The Bertz CT molecular complexity index is 1570. The van der Waals surface area contributed by atoms with Crippen molar-refractivity contribution < 1.29 is 14.4 Å². The van der Waals surface area contributed by atoms with Crippen molar-refractivity contribution >= 4 is 45.2 Å². The zero-order valence-electron chi connectivity index (χ0n) is 22.5. The highest BCUT2D eigenvalue weighted by molar-refractivity contribution is 7.13. The smallest absolute Gasteiger partial charge is 0.326 e. The van der Waals surface area contributed by atoms with E-state index in [1.807, 2.05) is 49.1 Å². The number of hydrogen-bond donors (Lipinski definition) is 2. The molecule has 0 bridgehead atoms. The molecular weight excluding hydrogens is 528 g/mol. The van der Waals surface area contributed by atoms with Crippen LogP contribution in [0.3, 0.4) is 0 Å². The number of anilines is 1. The van der Waals surface area contributed by atoms with E-state index >= 15 is 0 Å². The Morgan fingerprint density at radius 1 is 1.07 bits per heavy atom. The number of benzene rings is 2. The quantitative estimate of drug-likeness (QED) is 0.341. The number of thiazole rings is 1. The van der Waals surface area contributed by atoms with Crippen molar-refractivity contribution in [3.05, 3.63) is 81.7 Å². The number of rotatable bonds is 8. The van der Waals surface area contributed by atoms with Gasteiger partial charge < -0.3 is 20.1 Å². The maximum atomic E-state index is 13.0. The van der Waals surface area contributed by atoms with Crippen molar-refractivity contribution in [1.82, 2.24) is 24.3 Å². The third-order valence-corrected chi connectivity index (χ3v) is 7.96. The summed E-state index contributed by atoms with van der Waals surface area (Å²) in [4.78, 5) is 61.8. The predicted molar refractivity (Wildman–Crippen MR) is 154 cm³/mol. The molecule has 3 amide bonds. The number of para-hydroxylation sites is 2. The van der Waals surface area contributed by atoms with Crippen molar-refractivity contribution in [2.45, 2.75) is 45.2 Å². The fourth-order valence-electron chi connectivity index (χ4n) is 5.07. The summed E-state index contributed by atoms with van der Waals surface area (Å²) in [6, 6.07) is 16.4. The van der Waals surface area contributed by atoms with E-state index in [4.69, 9.17) is 0 Å². The molecule has 0 aliphatic carbocycles. The van der Waals surface area contributed by atoms with Crippen molar-refractivity contribution in [1.29, 1.82) is 0 Å². The molecule has 3 heterocycles. The average molecular weight is 561 g/mol. The molecule has 1 fully saturated rings. The third kappa shape index (κ3) is 5.99. The summed E-state index contributed by atoms with van der Waals surface area (Å²) in [7, 11) is 0. The molecule has 0 saturated carbocycles. The van der Waals surface area contributed by atoms with Crippen molar-refractivity contribution in [3.8, 4) is 0 Å². The molecule has 10 nitrogen and oxygen atoms in total. The van der Waals surface area contributed by atoms with Crippen molar-refractivity contribution in [2.75, 3.05) is 25.0 Å². The molecule has 2 aromatic heterocycles. The van der Waals surface area contributed by atoms with Crippen LogP contribution in [0.5, 0.6) is 0 Å². The normalized spacial score (nSPS) is 14.0. The maximum Gasteiger partial charge on any atom is 0.326 e. The van der Waals surface area contributed by atoms with Crippen LogP contribution < -0.4 is 11.0 Å². The Labute approximate surface area is 235 Å². The summed E-state index contributed by atoms with van der Waals surface area (Å²) in [6.45, 7) is 4.74. The fraction of sp³-hybridized carbons (Fsp3) is 0.345. The van der Waals surface area contributed by atoms with Gasteiger partial charge in [-0.2, -0.15) is 0 Å². The molecule has 0 atom stereocenters. The predicted octanol–water partition coefficient (Wildman–Crippen LogP) is 3.68. The summed E-state index contributed by atoms with van der Waals surface area (Å²) < 4.78 is 1.81. The largest absolute Gasteiger partial charge is 0.342 e. The van der Waals surface area contributed by atoms with Gasteiger partial charge in [0.15, 0.2) is 5.13 Å². The number of imidazole rings is 1. The minimum atomic E-state index is -0.347. The SMILES string of the molecule is CC(C)N(CC(=O)Nc1nc(CC(=O)N2CCC(n3c(=O)[nH]c4ccccc43)CC2)cs1)C(=O)c1ccccc1. The summed E-state index contributed by atoms with van der Waals surface area (Å²) in [5.74, 6) is -0.596. The molecule has 11 heteroatoms. The summed E-state index contributed by atoms with van der Waals surface area (Å²) in [5, 5.41) is 4.92. The number of hydrogen-bond acceptors (Lipinski definition) is 6. The number of likely N-dealkylation sites (tertiary alicyclic amines) is 1. The molecule has 0 radical (unpaired) electrons. The van der Waals surface area contributed by atoms with Crippen LogP contribution in [0.2, 0.25) is 0 Å². The minimum absolute atomic E-state index is 0.0349. The van der Waals surface area contributed by atoms with Crippen LogP contribution in [0, 0.1) is 0 Å². The van der Waals surface area contributed by atoms with Gasteiger partial charge in [-0.15, -0.1) is 11.3 Å². The molecular formula is C29H32N6O4S. The van der Waals surface area contributed by atoms with Crippen LogP contribution in [-0.4, -0.2) is 67.7 Å². The highest BCUT2D eigenvalue weighted by Gasteiger charge is 2.27. The molecule has 2 N–H and O–H groups in total. The first kappa shape index (κ1) is 27.3. The summed E-state index contributed by atoms with van der Waals surface area (Å²) in [5.41, 5.74) is 2.69. The Hall–Kier alpha value is -4.25. The van der Waals surface area contributed by atoms with Crippen LogP contribution >= 0.6 is 11.3 Å². The van der Waals surface area contributed by atoms with Gasteiger partial charge in [0, 0.05) is 36.1 Å². The van der Waals surface area contributed by atoms with Crippen LogP contribution in [0.4, 0.5) is 5.13 Å². The van der Waals surface area contributed by atoms with E-state index in [9.17, 15) is 19.2 Å². The van der Waals surface area contributed by atoms with Crippen LogP contribution in [0.15, 0.2) is 64.8 Å². The maximum absolute atomic E-state index is 13.0. The molecule has 1 aliphatic rings. The molecule has 1 saturated heterocycles. The molecule has 1 aliphatic heterocycles. The first-order valence-electron chi connectivity index (χ1n) is 13.4. The lowest BCUT2D eigenvalue weighted by Gasteiger charge is -2.32. The number of nitrogens with one attached hydrogen (secondary N) is 2. The highest BCUT2D eigenvalue weighted by atomic mass is 32.1. The number of aromatic amines is 1. The monoisotopic (exact) mass is 560 g/mol. The van der Waals surface area contributed by atoms with Crippen LogP contribution in [-0.2, 0) is 16.0 Å². The minimum Gasteiger partial charge on any atom is -0.342 e. The van der Waals surface area contributed by atoms with E-state index in [-0.39, 0.29) is 48.5 Å². The van der Waals surface area contributed by atoms with Gasteiger partial charge in [-0.3, -0.25) is 19.0 Å². The van der Waals surface area contributed by atoms with E-state index in [1.165, 1.54) is 16.2 Å². The summed E-state index contributed by atoms with van der Waals surface area (Å²) in [6.07, 6.45) is 1.52. The summed E-state index contributed by atoms with van der Waals surface area (Å²) >= 11 is 1.25. The zero-order chi connectivity index (χ0) is 28.2. The number of carbonyl (C=O) groups is 3. The van der Waals surface area contributed by atoms with Gasteiger partial charge in [-0.1, -0.05) is 30.3 Å². The molecule has 4 aromatic rings. The second-order valence-electron chi connectivity index (χ2n) is 10.2. The zero-order valence-corrected chi connectivity index (χ0v) is 23.3. The number of piperidine rings is 1. The Balaban J connectivity index is 1.14. The van der Waals surface area contributed by atoms with E-state index in [1.54, 1.807) is 34.2 Å². The molecule has 0 spiro atoms. The van der Waals surface area contributed by atoms with Crippen LogP contribution in [0.25, 0.3) is 11.0 Å². The second kappa shape index (κ2) is 11.9. The lowest BCUT2D eigenvalue weighted by atomic mass is 10.0. The second-order valence-corrected chi connectivity index (χ2v) is 11.0. The van der Waals surface area contributed by atoms with E-state index in [0.717, 1.165) is 11.0 Å². The van der Waals surface area contributed by atoms with Crippen molar-refractivity contribution in [3.63, 3.8) is 0 Å². The number of aromatic nitrogens is 3. The Morgan fingerprint density at radius 3 is 2.50 bits per heavy atom. The first-order valence-corrected chi connectivity index (χ1v) is 14.3. The average Bonchev–Trinajstić information content (AvgIpc) is 3.54. The van der Waals surface area contributed by atoms with Crippen molar-refractivity contribution in [2.24, 2.45) is 0 Å². The van der Waals surface area contributed by atoms with Gasteiger partial charge >= 0.3 is 5.69 Å². The lowest BCUT2D eigenvalue weighted by Crippen LogP contribution is -2.42. The third-order valence-electron chi connectivity index (χ3n) is 7.16. The van der Waals surface area contributed by atoms with E-state index in [2.05, 4.69) is 15.3 Å². The Kier molecular flexibility index (Phi) is 8.11. The first-order chi connectivity index (χ1) is 19.3. The molecule has 2 aromatic carbocycles. The van der Waals surface area contributed by atoms with Gasteiger partial charge in [0.05, 0.1) is 23.1 Å². The fourth-order valence-corrected chi connectivity index (χ4v) is 5.80. The highest BCUT2D eigenvalue weighted by Crippen LogP contribution is 2.25. The molecule has 0 unspecified atom stereocenters. The van der Waals surface area contributed by atoms with E-state index < -0.39 is 0 Å². The van der Waals surface area contributed by atoms with Gasteiger partial charge in [-0.05, 0) is 51.0 Å². The van der Waals surface area contributed by atoms with Crippen LogP contribution in [0.1, 0.15) is 48.8 Å². The number of amides is 3. The van der Waals surface area contributed by atoms with Gasteiger partial charge in [0.2, 0.25) is 11.8 Å². The number of nitrogens with zero attached hydrogens (tertiary/aromatic N) is 4. The topological polar surface area (TPSA) is 120 Å². The van der Waals surface area contributed by atoms with E-state index in [0.29, 0.717) is 42.3 Å². The molecule has 5 rings (SSSR count). The standard InChI is InChI=1S/C29H32N6O4S/c1-19(2)34(27(38)20-8-4-3-5-9-20)17-25(36)32-28-30-21(18-40-28)16-26(37)33-14-12-22(13-15-33)35-24-11-7-6-10-23(24)31-29(35)39/h3-11,18-19,22H,12-17H2,1-2H3,(H,31,39)(H,30,32,36). The molecule has 40 heavy (non-hydrogen) atoms. The Morgan fingerprint density at radius 2 is 1.77 bits per heavy atom.